The summed E-state index contributed by atoms with van der Waals surface area (Å²) in [5.74, 6) is 0.0196. The Labute approximate surface area is 123 Å². The van der Waals surface area contributed by atoms with E-state index < -0.39 is 6.04 Å². The van der Waals surface area contributed by atoms with E-state index in [-0.39, 0.29) is 11.7 Å². The molecule has 0 bridgehead atoms. The predicted molar refractivity (Wildman–Crippen MR) is 80.7 cm³/mol. The lowest BCUT2D eigenvalue weighted by atomic mass is 10.1. The lowest BCUT2D eigenvalue weighted by Gasteiger charge is -2.12. The molecule has 0 unspecified atom stereocenters. The van der Waals surface area contributed by atoms with E-state index in [1.54, 1.807) is 30.5 Å². The molecule has 0 saturated heterocycles. The lowest BCUT2D eigenvalue weighted by molar-refractivity contribution is -0.122. The second kappa shape index (κ2) is 7.40. The van der Waals surface area contributed by atoms with Crippen LogP contribution in [0.4, 0.5) is 0 Å². The molecule has 2 aromatic rings. The maximum atomic E-state index is 11.9. The third-order valence-corrected chi connectivity index (χ3v) is 3.14. The number of nitrogens with one attached hydrogen (secondary N) is 1. The predicted octanol–water partition coefficient (Wildman–Crippen LogP) is 1.02. The summed E-state index contributed by atoms with van der Waals surface area (Å²) in [5.41, 5.74) is 7.73. The number of phenolic OH excluding ortho intramolecular Hbond substituents is 1. The van der Waals surface area contributed by atoms with Gasteiger partial charge in [-0.1, -0.05) is 18.2 Å². The summed E-state index contributed by atoms with van der Waals surface area (Å²) in [5, 5.41) is 12.0. The number of rotatable bonds is 6. The zero-order valence-corrected chi connectivity index (χ0v) is 11.7. The van der Waals surface area contributed by atoms with Crippen molar-refractivity contribution < 1.29 is 9.90 Å². The van der Waals surface area contributed by atoms with E-state index in [1.807, 2.05) is 18.2 Å². The minimum Gasteiger partial charge on any atom is -0.508 e. The first-order chi connectivity index (χ1) is 10.1. The summed E-state index contributed by atoms with van der Waals surface area (Å²) < 4.78 is 0. The van der Waals surface area contributed by atoms with Crippen molar-refractivity contribution in [1.82, 2.24) is 10.3 Å². The number of amides is 1. The largest absolute Gasteiger partial charge is 0.508 e. The Morgan fingerprint density at radius 2 is 2.00 bits per heavy atom. The third-order valence-electron chi connectivity index (χ3n) is 3.14. The molecule has 1 heterocycles. The molecule has 110 valence electrons. The fourth-order valence-corrected chi connectivity index (χ4v) is 1.97. The molecule has 1 atom stereocenters. The number of nitrogens with zero attached hydrogens (tertiary/aromatic N) is 1. The van der Waals surface area contributed by atoms with Crippen LogP contribution in [0.25, 0.3) is 0 Å². The second-order valence-corrected chi connectivity index (χ2v) is 4.84. The van der Waals surface area contributed by atoms with Gasteiger partial charge in [0.25, 0.3) is 0 Å². The number of carbonyl (C=O) groups is 1. The van der Waals surface area contributed by atoms with Gasteiger partial charge in [0.2, 0.25) is 5.91 Å². The van der Waals surface area contributed by atoms with E-state index in [9.17, 15) is 9.90 Å². The first kappa shape index (κ1) is 15.0. The molecule has 5 heteroatoms. The number of nitrogens with two attached hydrogens (primary N) is 1. The van der Waals surface area contributed by atoms with Gasteiger partial charge in [0.1, 0.15) is 5.75 Å². The molecule has 0 fully saturated rings. The van der Waals surface area contributed by atoms with Gasteiger partial charge in [-0.15, -0.1) is 0 Å². The summed E-state index contributed by atoms with van der Waals surface area (Å²) in [6, 6.07) is 11.8. The monoisotopic (exact) mass is 285 g/mol. The van der Waals surface area contributed by atoms with Crippen molar-refractivity contribution in [2.24, 2.45) is 5.73 Å². The van der Waals surface area contributed by atoms with Crippen molar-refractivity contribution >= 4 is 5.91 Å². The number of hydrogen-bond donors (Lipinski definition) is 3. The van der Waals surface area contributed by atoms with E-state index in [0.717, 1.165) is 11.3 Å². The molecule has 2 rings (SSSR count). The zero-order chi connectivity index (χ0) is 15.1. The number of hydrogen-bond acceptors (Lipinski definition) is 4. The molecule has 1 amide bonds. The Hall–Kier alpha value is -2.40. The van der Waals surface area contributed by atoms with E-state index in [0.29, 0.717) is 19.4 Å². The Morgan fingerprint density at radius 3 is 2.67 bits per heavy atom. The van der Waals surface area contributed by atoms with Gasteiger partial charge in [0.05, 0.1) is 6.04 Å². The molecule has 1 aromatic carbocycles. The Morgan fingerprint density at radius 1 is 1.24 bits per heavy atom. The number of phenols is 1. The standard InChI is InChI=1S/C16H19N3O2/c17-15(11-12-4-6-14(20)7-5-12)16(21)19-10-8-13-3-1-2-9-18-13/h1-7,9,15,20H,8,10-11,17H2,(H,19,21)/t15-/m0/s1. The van der Waals surface area contributed by atoms with Crippen molar-refractivity contribution in [3.05, 3.63) is 59.9 Å². The van der Waals surface area contributed by atoms with Crippen LogP contribution in [0.5, 0.6) is 5.75 Å². The number of aromatic hydroxyl groups is 1. The lowest BCUT2D eigenvalue weighted by Crippen LogP contribution is -2.42. The second-order valence-electron chi connectivity index (χ2n) is 4.84. The first-order valence-corrected chi connectivity index (χ1v) is 6.86. The van der Waals surface area contributed by atoms with Crippen LogP contribution in [0.3, 0.4) is 0 Å². The number of benzene rings is 1. The highest BCUT2D eigenvalue weighted by Gasteiger charge is 2.13. The van der Waals surface area contributed by atoms with Gasteiger partial charge in [-0.2, -0.15) is 0 Å². The van der Waals surface area contributed by atoms with Crippen LogP contribution in [0.2, 0.25) is 0 Å². The first-order valence-electron chi connectivity index (χ1n) is 6.86. The highest BCUT2D eigenvalue weighted by molar-refractivity contribution is 5.81. The summed E-state index contributed by atoms with van der Waals surface area (Å²) in [6.07, 6.45) is 2.85. The highest BCUT2D eigenvalue weighted by Crippen LogP contribution is 2.10. The fraction of sp³-hybridized carbons (Fsp3) is 0.250. The number of carbonyl (C=O) groups excluding carboxylic acids is 1. The van der Waals surface area contributed by atoms with Crippen LogP contribution >= 0.6 is 0 Å². The molecule has 21 heavy (non-hydrogen) atoms. The molecular weight excluding hydrogens is 266 g/mol. The van der Waals surface area contributed by atoms with Crippen LogP contribution in [0, 0.1) is 0 Å². The summed E-state index contributed by atoms with van der Waals surface area (Å²) in [6.45, 7) is 0.513. The zero-order valence-electron chi connectivity index (χ0n) is 11.7. The summed E-state index contributed by atoms with van der Waals surface area (Å²) >= 11 is 0. The van der Waals surface area contributed by atoms with Crippen LogP contribution < -0.4 is 11.1 Å². The van der Waals surface area contributed by atoms with Gasteiger partial charge < -0.3 is 16.2 Å². The third kappa shape index (κ3) is 4.89. The molecule has 0 spiro atoms. The summed E-state index contributed by atoms with van der Waals surface area (Å²) in [7, 11) is 0. The normalized spacial score (nSPS) is 11.9. The van der Waals surface area contributed by atoms with Gasteiger partial charge in [-0.25, -0.2) is 0 Å². The maximum Gasteiger partial charge on any atom is 0.237 e. The minimum atomic E-state index is -0.599. The average Bonchev–Trinajstić information content (AvgIpc) is 2.50. The van der Waals surface area contributed by atoms with E-state index in [1.165, 1.54) is 0 Å². The van der Waals surface area contributed by atoms with Gasteiger partial charge in [0, 0.05) is 24.9 Å². The minimum absolute atomic E-state index is 0.181. The SMILES string of the molecule is N[C@@H](Cc1ccc(O)cc1)C(=O)NCCc1ccccn1. The van der Waals surface area contributed by atoms with E-state index in [2.05, 4.69) is 10.3 Å². The highest BCUT2D eigenvalue weighted by atomic mass is 16.3. The van der Waals surface area contributed by atoms with Gasteiger partial charge in [0.15, 0.2) is 0 Å². The van der Waals surface area contributed by atoms with Crippen molar-refractivity contribution in [2.45, 2.75) is 18.9 Å². The Bertz CT molecular complexity index is 570. The Balaban J connectivity index is 1.76. The van der Waals surface area contributed by atoms with Crippen LogP contribution in [0.1, 0.15) is 11.3 Å². The molecule has 1 aromatic heterocycles. The van der Waals surface area contributed by atoms with Crippen LogP contribution in [-0.2, 0) is 17.6 Å². The molecular formula is C16H19N3O2. The molecule has 0 aliphatic heterocycles. The maximum absolute atomic E-state index is 11.9. The van der Waals surface area contributed by atoms with Crippen LogP contribution in [-0.4, -0.2) is 28.6 Å². The molecule has 4 N–H and O–H groups in total. The van der Waals surface area contributed by atoms with E-state index >= 15 is 0 Å². The smallest absolute Gasteiger partial charge is 0.237 e. The Kier molecular flexibility index (Phi) is 5.29. The molecule has 5 nitrogen and oxygen atoms in total. The number of pyridine rings is 1. The molecule has 0 aliphatic carbocycles. The molecule has 0 radical (unpaired) electrons. The fourth-order valence-electron chi connectivity index (χ4n) is 1.97. The van der Waals surface area contributed by atoms with Gasteiger partial charge in [-0.05, 0) is 36.2 Å². The van der Waals surface area contributed by atoms with Gasteiger partial charge >= 0.3 is 0 Å². The number of aromatic nitrogens is 1. The van der Waals surface area contributed by atoms with Crippen LogP contribution in [0.15, 0.2) is 48.7 Å². The van der Waals surface area contributed by atoms with Gasteiger partial charge in [-0.3, -0.25) is 9.78 Å². The average molecular weight is 285 g/mol. The van der Waals surface area contributed by atoms with Crippen molar-refractivity contribution in [3.63, 3.8) is 0 Å². The molecule has 0 aliphatic rings. The topological polar surface area (TPSA) is 88.2 Å². The summed E-state index contributed by atoms with van der Waals surface area (Å²) in [4.78, 5) is 16.1. The van der Waals surface area contributed by atoms with Crippen molar-refractivity contribution in [2.75, 3.05) is 6.54 Å². The van der Waals surface area contributed by atoms with Crippen molar-refractivity contribution in [1.29, 1.82) is 0 Å². The van der Waals surface area contributed by atoms with Crippen molar-refractivity contribution in [3.8, 4) is 5.75 Å². The van der Waals surface area contributed by atoms with E-state index in [4.69, 9.17) is 5.73 Å². The molecule has 0 saturated carbocycles. The quantitative estimate of drug-likeness (QED) is 0.739.